The van der Waals surface area contributed by atoms with Gasteiger partial charge in [0.1, 0.15) is 4.60 Å². The van der Waals surface area contributed by atoms with Gasteiger partial charge in [0.25, 0.3) is 0 Å². The molecule has 2 heterocycles. The van der Waals surface area contributed by atoms with Gasteiger partial charge in [-0.2, -0.15) is 0 Å². The number of aromatic carboxylic acids is 1. The van der Waals surface area contributed by atoms with Crippen molar-refractivity contribution in [3.63, 3.8) is 0 Å². The third kappa shape index (κ3) is 2.25. The molecule has 0 spiro atoms. The summed E-state index contributed by atoms with van der Waals surface area (Å²) < 4.78 is 0.499. The van der Waals surface area contributed by atoms with Crippen molar-refractivity contribution >= 4 is 21.9 Å². The number of carbonyl (C=O) groups is 1. The van der Waals surface area contributed by atoms with E-state index in [0.29, 0.717) is 10.3 Å². The summed E-state index contributed by atoms with van der Waals surface area (Å²) in [6.45, 7) is 0. The number of rotatable bonds is 2. The van der Waals surface area contributed by atoms with E-state index in [4.69, 9.17) is 5.11 Å². The van der Waals surface area contributed by atoms with Crippen molar-refractivity contribution in [1.82, 2.24) is 9.97 Å². The second-order valence-electron chi connectivity index (χ2n) is 3.10. The first kappa shape index (κ1) is 10.8. The fourth-order valence-corrected chi connectivity index (χ4v) is 1.73. The van der Waals surface area contributed by atoms with E-state index in [1.54, 1.807) is 24.5 Å². The van der Waals surface area contributed by atoms with Crippen LogP contribution in [0.15, 0.2) is 41.3 Å². The van der Waals surface area contributed by atoms with Crippen LogP contribution in [0, 0.1) is 0 Å². The minimum atomic E-state index is -0.974. The molecule has 0 saturated heterocycles. The van der Waals surface area contributed by atoms with Gasteiger partial charge in [-0.1, -0.05) is 0 Å². The zero-order valence-electron chi connectivity index (χ0n) is 8.09. The maximum atomic E-state index is 10.9. The normalized spacial score (nSPS) is 10.1. The summed E-state index contributed by atoms with van der Waals surface area (Å²) in [5.74, 6) is -0.974. The fourth-order valence-electron chi connectivity index (χ4n) is 1.29. The summed E-state index contributed by atoms with van der Waals surface area (Å²) in [7, 11) is 0. The molecular formula is C11H7BrN2O2. The van der Waals surface area contributed by atoms with Gasteiger partial charge in [0.15, 0.2) is 0 Å². The molecule has 4 nitrogen and oxygen atoms in total. The average molecular weight is 279 g/mol. The fraction of sp³-hybridized carbons (Fsp3) is 0. The van der Waals surface area contributed by atoms with Crippen molar-refractivity contribution in [2.24, 2.45) is 0 Å². The Morgan fingerprint density at radius 3 is 2.56 bits per heavy atom. The van der Waals surface area contributed by atoms with Gasteiger partial charge in [-0.05, 0) is 40.2 Å². The highest BCUT2D eigenvalue weighted by Crippen LogP contribution is 2.20. The maximum absolute atomic E-state index is 10.9. The Kier molecular flexibility index (Phi) is 2.96. The highest BCUT2D eigenvalue weighted by atomic mass is 79.9. The first-order chi connectivity index (χ1) is 7.66. The molecular weight excluding hydrogens is 272 g/mol. The van der Waals surface area contributed by atoms with Crippen molar-refractivity contribution in [1.29, 1.82) is 0 Å². The molecule has 0 aliphatic heterocycles. The van der Waals surface area contributed by atoms with Crippen molar-refractivity contribution in [3.05, 3.63) is 46.8 Å². The molecule has 0 atom stereocenters. The molecule has 2 rings (SSSR count). The monoisotopic (exact) mass is 278 g/mol. The standard InChI is InChI=1S/C11H7BrN2O2/c12-10-6-8(11(15)16)5-9(14-10)7-1-3-13-4-2-7/h1-6H,(H,15,16). The van der Waals surface area contributed by atoms with Crippen LogP contribution >= 0.6 is 15.9 Å². The molecule has 0 saturated carbocycles. The molecule has 0 radical (unpaired) electrons. The summed E-state index contributed by atoms with van der Waals surface area (Å²) in [6.07, 6.45) is 3.27. The predicted molar refractivity (Wildman–Crippen MR) is 62.1 cm³/mol. The van der Waals surface area contributed by atoms with E-state index in [1.165, 1.54) is 12.1 Å². The molecule has 0 unspecified atom stereocenters. The van der Waals surface area contributed by atoms with Crippen LogP contribution in [0.5, 0.6) is 0 Å². The number of hydrogen-bond acceptors (Lipinski definition) is 3. The van der Waals surface area contributed by atoms with Gasteiger partial charge >= 0.3 is 5.97 Å². The lowest BCUT2D eigenvalue weighted by Gasteiger charge is -2.02. The smallest absolute Gasteiger partial charge is 0.335 e. The quantitative estimate of drug-likeness (QED) is 0.858. The third-order valence-electron chi connectivity index (χ3n) is 2.02. The Bertz CT molecular complexity index is 529. The van der Waals surface area contributed by atoms with Crippen LogP contribution < -0.4 is 0 Å². The van der Waals surface area contributed by atoms with E-state index in [1.807, 2.05) is 0 Å². The lowest BCUT2D eigenvalue weighted by molar-refractivity contribution is 0.0696. The average Bonchev–Trinajstić information content (AvgIpc) is 2.29. The summed E-state index contributed by atoms with van der Waals surface area (Å²) >= 11 is 3.19. The van der Waals surface area contributed by atoms with Crippen LogP contribution in [0.25, 0.3) is 11.3 Å². The molecule has 5 heteroatoms. The van der Waals surface area contributed by atoms with Crippen LogP contribution in [0.3, 0.4) is 0 Å². The largest absolute Gasteiger partial charge is 0.478 e. The number of nitrogens with zero attached hydrogens (tertiary/aromatic N) is 2. The van der Waals surface area contributed by atoms with Gasteiger partial charge in [-0.3, -0.25) is 4.98 Å². The second-order valence-corrected chi connectivity index (χ2v) is 3.92. The van der Waals surface area contributed by atoms with Crippen molar-refractivity contribution in [2.75, 3.05) is 0 Å². The zero-order valence-corrected chi connectivity index (χ0v) is 9.68. The van der Waals surface area contributed by atoms with Crippen LogP contribution in [-0.4, -0.2) is 21.0 Å². The highest BCUT2D eigenvalue weighted by molar-refractivity contribution is 9.10. The summed E-state index contributed by atoms with van der Waals surface area (Å²) in [5, 5.41) is 8.92. The molecule has 0 aromatic carbocycles. The summed E-state index contributed by atoms with van der Waals surface area (Å²) in [4.78, 5) is 19.0. The molecule has 0 aliphatic carbocycles. The number of carboxylic acid groups (broad SMARTS) is 1. The van der Waals surface area contributed by atoms with Crippen molar-refractivity contribution in [2.45, 2.75) is 0 Å². The van der Waals surface area contributed by atoms with E-state index in [2.05, 4.69) is 25.9 Å². The van der Waals surface area contributed by atoms with E-state index >= 15 is 0 Å². The number of pyridine rings is 2. The van der Waals surface area contributed by atoms with Gasteiger partial charge in [-0.25, -0.2) is 9.78 Å². The molecule has 2 aromatic heterocycles. The van der Waals surface area contributed by atoms with E-state index in [0.717, 1.165) is 5.56 Å². The van der Waals surface area contributed by atoms with Gasteiger partial charge in [0.05, 0.1) is 11.3 Å². The number of hydrogen-bond donors (Lipinski definition) is 1. The first-order valence-electron chi connectivity index (χ1n) is 4.48. The Morgan fingerprint density at radius 2 is 1.94 bits per heavy atom. The first-order valence-corrected chi connectivity index (χ1v) is 5.27. The summed E-state index contributed by atoms with van der Waals surface area (Å²) in [5.41, 5.74) is 1.64. The Labute approximate surface area is 100 Å². The van der Waals surface area contributed by atoms with Crippen LogP contribution in [0.4, 0.5) is 0 Å². The van der Waals surface area contributed by atoms with Crippen molar-refractivity contribution < 1.29 is 9.90 Å². The topological polar surface area (TPSA) is 63.1 Å². The zero-order chi connectivity index (χ0) is 11.5. The Hall–Kier alpha value is -1.75. The van der Waals surface area contributed by atoms with E-state index in [-0.39, 0.29) is 5.56 Å². The van der Waals surface area contributed by atoms with Crippen molar-refractivity contribution in [3.8, 4) is 11.3 Å². The van der Waals surface area contributed by atoms with Gasteiger partial charge < -0.3 is 5.11 Å². The predicted octanol–water partition coefficient (Wildman–Crippen LogP) is 2.60. The third-order valence-corrected chi connectivity index (χ3v) is 2.42. The highest BCUT2D eigenvalue weighted by Gasteiger charge is 2.08. The lowest BCUT2D eigenvalue weighted by Crippen LogP contribution is -1.98. The second kappa shape index (κ2) is 4.40. The Balaban J connectivity index is 2.54. The SMILES string of the molecule is O=C(O)c1cc(Br)nc(-c2ccncc2)c1. The minimum Gasteiger partial charge on any atom is -0.478 e. The Morgan fingerprint density at radius 1 is 1.25 bits per heavy atom. The number of aromatic nitrogens is 2. The van der Waals surface area contributed by atoms with Crippen LogP contribution in [0.2, 0.25) is 0 Å². The molecule has 16 heavy (non-hydrogen) atoms. The molecule has 1 N–H and O–H groups in total. The lowest BCUT2D eigenvalue weighted by atomic mass is 10.1. The molecule has 2 aromatic rings. The summed E-state index contributed by atoms with van der Waals surface area (Å²) in [6, 6.07) is 6.55. The molecule has 0 amide bonds. The van der Waals surface area contributed by atoms with E-state index < -0.39 is 5.97 Å². The minimum absolute atomic E-state index is 0.202. The van der Waals surface area contributed by atoms with Crippen LogP contribution in [0.1, 0.15) is 10.4 Å². The maximum Gasteiger partial charge on any atom is 0.335 e. The van der Waals surface area contributed by atoms with E-state index in [9.17, 15) is 4.79 Å². The molecule has 80 valence electrons. The molecule has 0 aliphatic rings. The number of carboxylic acids is 1. The number of halogens is 1. The molecule has 0 bridgehead atoms. The van der Waals surface area contributed by atoms with Gasteiger partial charge in [0, 0.05) is 18.0 Å². The molecule has 0 fully saturated rings. The van der Waals surface area contributed by atoms with Gasteiger partial charge in [-0.15, -0.1) is 0 Å². The van der Waals surface area contributed by atoms with Gasteiger partial charge in [0.2, 0.25) is 0 Å². The van der Waals surface area contributed by atoms with Crippen LogP contribution in [-0.2, 0) is 0 Å².